The van der Waals surface area contributed by atoms with Crippen molar-refractivity contribution in [2.75, 3.05) is 11.9 Å². The molecule has 4 rings (SSSR count). The number of hydrogen-bond acceptors (Lipinski definition) is 8. The third kappa shape index (κ3) is 6.98. The van der Waals surface area contributed by atoms with Crippen molar-refractivity contribution >= 4 is 21.6 Å². The molecule has 4 aromatic rings. The van der Waals surface area contributed by atoms with E-state index in [9.17, 15) is 13.2 Å². The molecule has 8 nitrogen and oxygen atoms in total. The lowest BCUT2D eigenvalue weighted by Gasteiger charge is -2.29. The third-order valence-corrected chi connectivity index (χ3v) is 8.35. The van der Waals surface area contributed by atoms with Gasteiger partial charge in [-0.3, -0.25) is 4.79 Å². The van der Waals surface area contributed by atoms with E-state index in [0.717, 1.165) is 16.7 Å². The highest BCUT2D eigenvalue weighted by Gasteiger charge is 2.45. The second-order valence-electron chi connectivity index (χ2n) is 9.69. The van der Waals surface area contributed by atoms with Crippen LogP contribution in [0.5, 0.6) is 0 Å². The van der Waals surface area contributed by atoms with E-state index in [2.05, 4.69) is 27.1 Å². The van der Waals surface area contributed by atoms with E-state index in [4.69, 9.17) is 10.5 Å². The Morgan fingerprint density at radius 3 is 2.44 bits per heavy atom. The van der Waals surface area contributed by atoms with Crippen molar-refractivity contribution in [3.63, 3.8) is 0 Å². The monoisotopic (exact) mass is 568 g/mol. The van der Waals surface area contributed by atoms with Gasteiger partial charge in [0.2, 0.25) is 9.84 Å². The molecular formula is C32H32N4O4S. The van der Waals surface area contributed by atoms with E-state index in [-0.39, 0.29) is 29.8 Å². The zero-order valence-electron chi connectivity index (χ0n) is 23.2. The number of ether oxygens (including phenoxy) is 1. The summed E-state index contributed by atoms with van der Waals surface area (Å²) in [7, 11) is -4.22. The second-order valence-corrected chi connectivity index (χ2v) is 11.8. The molecule has 0 amide bonds. The maximum Gasteiger partial charge on any atom is 0.325 e. The van der Waals surface area contributed by atoms with Crippen LogP contribution in [0.2, 0.25) is 0 Å². The fourth-order valence-electron chi connectivity index (χ4n) is 4.29. The summed E-state index contributed by atoms with van der Waals surface area (Å²) in [5.41, 5.74) is 10.5. The number of nitrogens with one attached hydrogen (secondary N) is 1. The van der Waals surface area contributed by atoms with Gasteiger partial charge in [0.25, 0.3) is 0 Å². The molecule has 1 atom stereocenters. The maximum absolute atomic E-state index is 14.0. The number of pyridine rings is 2. The Balaban J connectivity index is 1.69. The zero-order valence-corrected chi connectivity index (χ0v) is 24.0. The van der Waals surface area contributed by atoms with Crippen LogP contribution in [0, 0.1) is 11.8 Å². The Hall–Kier alpha value is -4.52. The van der Waals surface area contributed by atoms with E-state index in [1.807, 2.05) is 48.5 Å². The SMILES string of the molecule is CC#Cc1cccc(-c2ccc(CC(N)(c3cccc(NCC(=O)OC(C)C)n3)S(=O)(=O)c3ccccn3)cc2)c1. The second kappa shape index (κ2) is 12.8. The van der Waals surface area contributed by atoms with Gasteiger partial charge in [0.1, 0.15) is 12.4 Å². The predicted molar refractivity (Wildman–Crippen MR) is 159 cm³/mol. The Labute approximate surface area is 240 Å². The first-order valence-electron chi connectivity index (χ1n) is 13.1. The highest BCUT2D eigenvalue weighted by molar-refractivity contribution is 7.92. The molecule has 41 heavy (non-hydrogen) atoms. The molecule has 0 saturated heterocycles. The average Bonchev–Trinajstić information content (AvgIpc) is 2.97. The predicted octanol–water partition coefficient (Wildman–Crippen LogP) is 4.71. The lowest BCUT2D eigenvalue weighted by atomic mass is 9.98. The molecule has 0 bridgehead atoms. The molecule has 3 N–H and O–H groups in total. The fraction of sp³-hybridized carbons (Fsp3) is 0.219. The van der Waals surface area contributed by atoms with Crippen LogP contribution in [-0.2, 0) is 30.7 Å². The van der Waals surface area contributed by atoms with Gasteiger partial charge in [0, 0.05) is 18.2 Å². The standard InChI is InChI=1S/C32H32N4O4S/c1-4-9-24-10-7-11-27(20-24)26-17-15-25(16-18-26)21-32(33,41(38,39)30-14-5-6-19-34-30)28-12-8-13-29(36-28)35-22-31(37)40-23(2)3/h5-8,10-20,23H,21-22,33H2,1-3H3,(H,35,36). The number of carbonyl (C=O) groups excluding carboxylic acids is 1. The number of aromatic nitrogens is 2. The van der Waals surface area contributed by atoms with Crippen LogP contribution in [0.15, 0.2) is 96.2 Å². The molecule has 210 valence electrons. The van der Waals surface area contributed by atoms with Gasteiger partial charge in [-0.1, -0.05) is 54.5 Å². The third-order valence-electron chi connectivity index (χ3n) is 6.24. The van der Waals surface area contributed by atoms with Gasteiger partial charge in [-0.05, 0) is 73.9 Å². The molecule has 1 unspecified atom stereocenters. The first-order chi connectivity index (χ1) is 19.6. The summed E-state index contributed by atoms with van der Waals surface area (Å²) < 4.78 is 33.2. The Morgan fingerprint density at radius 1 is 1.00 bits per heavy atom. The number of esters is 1. The molecule has 0 aliphatic carbocycles. The summed E-state index contributed by atoms with van der Waals surface area (Å²) in [5, 5.41) is 2.74. The van der Waals surface area contributed by atoms with Crippen LogP contribution < -0.4 is 11.1 Å². The molecule has 0 spiro atoms. The lowest BCUT2D eigenvalue weighted by molar-refractivity contribution is -0.145. The molecule has 2 heterocycles. The largest absolute Gasteiger partial charge is 0.462 e. The topological polar surface area (TPSA) is 124 Å². The Bertz CT molecular complexity index is 1680. The van der Waals surface area contributed by atoms with Gasteiger partial charge in [0.15, 0.2) is 9.90 Å². The summed E-state index contributed by atoms with van der Waals surface area (Å²) in [4.78, 5) is 18.7. The summed E-state index contributed by atoms with van der Waals surface area (Å²) >= 11 is 0. The highest BCUT2D eigenvalue weighted by atomic mass is 32.2. The molecule has 0 radical (unpaired) electrons. The lowest BCUT2D eigenvalue weighted by Crippen LogP contribution is -2.47. The van der Waals surface area contributed by atoms with E-state index in [1.54, 1.807) is 51.1 Å². The maximum atomic E-state index is 14.0. The summed E-state index contributed by atoms with van der Waals surface area (Å²) in [6, 6.07) is 24.9. The molecule has 2 aromatic heterocycles. The molecule has 0 aliphatic heterocycles. The number of benzene rings is 2. The number of rotatable bonds is 10. The van der Waals surface area contributed by atoms with Gasteiger partial charge in [-0.25, -0.2) is 18.4 Å². The Morgan fingerprint density at radius 2 is 1.76 bits per heavy atom. The molecule has 0 fully saturated rings. The molecule has 2 aromatic carbocycles. The first kappa shape index (κ1) is 29.5. The van der Waals surface area contributed by atoms with Crippen LogP contribution in [0.25, 0.3) is 11.1 Å². The average molecular weight is 569 g/mol. The van der Waals surface area contributed by atoms with Crippen molar-refractivity contribution in [2.24, 2.45) is 5.73 Å². The van der Waals surface area contributed by atoms with Gasteiger partial charge >= 0.3 is 5.97 Å². The summed E-state index contributed by atoms with van der Waals surface area (Å²) in [5.74, 6) is 5.80. The molecule has 9 heteroatoms. The number of carbonyl (C=O) groups is 1. The van der Waals surface area contributed by atoms with Crippen molar-refractivity contribution in [1.29, 1.82) is 0 Å². The van der Waals surface area contributed by atoms with Crippen molar-refractivity contribution in [3.05, 3.63) is 108 Å². The number of sulfone groups is 1. The van der Waals surface area contributed by atoms with Crippen molar-refractivity contribution in [3.8, 4) is 23.0 Å². The van der Waals surface area contributed by atoms with Crippen LogP contribution in [0.3, 0.4) is 0 Å². The van der Waals surface area contributed by atoms with E-state index >= 15 is 0 Å². The number of anilines is 1. The zero-order chi connectivity index (χ0) is 29.5. The van der Waals surface area contributed by atoms with Crippen LogP contribution >= 0.6 is 0 Å². The van der Waals surface area contributed by atoms with Crippen molar-refractivity contribution < 1.29 is 17.9 Å². The summed E-state index contributed by atoms with van der Waals surface area (Å²) in [6.45, 7) is 5.17. The molecule has 0 aliphatic rings. The van der Waals surface area contributed by atoms with Gasteiger partial charge < -0.3 is 15.8 Å². The van der Waals surface area contributed by atoms with Gasteiger partial charge in [0.05, 0.1) is 11.8 Å². The Kier molecular flexibility index (Phi) is 9.17. The number of nitrogens with zero attached hydrogens (tertiary/aromatic N) is 2. The van der Waals surface area contributed by atoms with E-state index in [1.165, 1.54) is 12.3 Å². The smallest absolute Gasteiger partial charge is 0.325 e. The van der Waals surface area contributed by atoms with Crippen molar-refractivity contribution in [2.45, 2.75) is 43.2 Å². The number of hydrogen-bond donors (Lipinski definition) is 2. The van der Waals surface area contributed by atoms with E-state index in [0.29, 0.717) is 11.4 Å². The summed E-state index contributed by atoms with van der Waals surface area (Å²) in [6.07, 6.45) is 1.08. The van der Waals surface area contributed by atoms with E-state index < -0.39 is 20.7 Å². The molecular weight excluding hydrogens is 536 g/mol. The van der Waals surface area contributed by atoms with Crippen LogP contribution in [0.1, 0.15) is 37.6 Å². The minimum Gasteiger partial charge on any atom is -0.462 e. The van der Waals surface area contributed by atoms with Gasteiger partial charge in [-0.2, -0.15) is 0 Å². The fourth-order valence-corrected chi connectivity index (χ4v) is 5.87. The first-order valence-corrected chi connectivity index (χ1v) is 14.6. The van der Waals surface area contributed by atoms with Crippen LogP contribution in [-0.4, -0.2) is 37.0 Å². The highest BCUT2D eigenvalue weighted by Crippen LogP contribution is 2.34. The quantitative estimate of drug-likeness (QED) is 0.208. The van der Waals surface area contributed by atoms with Crippen LogP contribution in [0.4, 0.5) is 5.82 Å². The minimum atomic E-state index is -4.22. The minimum absolute atomic E-state index is 0.0701. The number of nitrogens with two attached hydrogens (primary N) is 1. The van der Waals surface area contributed by atoms with Crippen molar-refractivity contribution in [1.82, 2.24) is 9.97 Å². The molecule has 0 saturated carbocycles. The van der Waals surface area contributed by atoms with Gasteiger partial charge in [-0.15, -0.1) is 5.92 Å². The normalized spacial score (nSPS) is 12.6.